The number of aromatic nitrogens is 1. The molecule has 0 N–H and O–H groups in total. The highest BCUT2D eigenvalue weighted by Crippen LogP contribution is 2.25. The fourth-order valence-corrected chi connectivity index (χ4v) is 1.93. The number of pyridine rings is 1. The number of hydrogen-bond acceptors (Lipinski definition) is 2. The molecule has 76 valence electrons. The maximum atomic E-state index is 10.9. The van der Waals surface area contributed by atoms with Gasteiger partial charge in [0.05, 0.1) is 11.1 Å². The Labute approximate surface area is 92.9 Å². The Morgan fingerprint density at radius 2 is 2.07 bits per heavy atom. The topological polar surface area (TPSA) is 30.0 Å². The van der Waals surface area contributed by atoms with E-state index in [1.165, 1.54) is 0 Å². The standard InChI is InChI=1S/C12H10ClNO/c1-7-3-4-11-9(5-7)8(2)10(6-15)12(13)14-11/h3-6H,1-2H3. The normalized spacial score (nSPS) is 10.6. The molecule has 2 nitrogen and oxygen atoms in total. The summed E-state index contributed by atoms with van der Waals surface area (Å²) in [5, 5.41) is 1.26. The van der Waals surface area contributed by atoms with E-state index in [9.17, 15) is 4.79 Å². The van der Waals surface area contributed by atoms with Crippen LogP contribution in [0.5, 0.6) is 0 Å². The van der Waals surface area contributed by atoms with Crippen LogP contribution in [0.1, 0.15) is 21.5 Å². The number of aldehydes is 1. The van der Waals surface area contributed by atoms with Crippen molar-refractivity contribution >= 4 is 28.8 Å². The quantitative estimate of drug-likeness (QED) is 0.544. The summed E-state index contributed by atoms with van der Waals surface area (Å²) in [6, 6.07) is 5.91. The van der Waals surface area contributed by atoms with Crippen molar-refractivity contribution < 1.29 is 4.79 Å². The average molecular weight is 220 g/mol. The fourth-order valence-electron chi connectivity index (χ4n) is 1.65. The van der Waals surface area contributed by atoms with E-state index in [-0.39, 0.29) is 5.15 Å². The molecule has 0 aliphatic carbocycles. The van der Waals surface area contributed by atoms with Crippen molar-refractivity contribution in [2.24, 2.45) is 0 Å². The van der Waals surface area contributed by atoms with Gasteiger partial charge in [0, 0.05) is 5.39 Å². The Hall–Kier alpha value is -1.41. The second-order valence-electron chi connectivity index (χ2n) is 3.58. The van der Waals surface area contributed by atoms with Crippen molar-refractivity contribution in [3.8, 4) is 0 Å². The van der Waals surface area contributed by atoms with E-state index >= 15 is 0 Å². The number of carbonyl (C=O) groups excluding carboxylic acids is 1. The van der Waals surface area contributed by atoms with Gasteiger partial charge in [-0.25, -0.2) is 4.98 Å². The average Bonchev–Trinajstić information content (AvgIpc) is 2.20. The van der Waals surface area contributed by atoms with Gasteiger partial charge >= 0.3 is 0 Å². The summed E-state index contributed by atoms with van der Waals surface area (Å²) in [4.78, 5) is 15.0. The molecule has 3 heteroatoms. The summed E-state index contributed by atoms with van der Waals surface area (Å²) < 4.78 is 0. The van der Waals surface area contributed by atoms with E-state index in [2.05, 4.69) is 4.98 Å². The highest BCUT2D eigenvalue weighted by Gasteiger charge is 2.09. The summed E-state index contributed by atoms with van der Waals surface area (Å²) in [5.74, 6) is 0. The van der Waals surface area contributed by atoms with Crippen LogP contribution in [0.15, 0.2) is 18.2 Å². The summed E-state index contributed by atoms with van der Waals surface area (Å²) >= 11 is 5.91. The van der Waals surface area contributed by atoms with Gasteiger partial charge in [-0.05, 0) is 31.5 Å². The van der Waals surface area contributed by atoms with E-state index in [0.717, 1.165) is 28.3 Å². The maximum absolute atomic E-state index is 10.9. The molecule has 0 atom stereocenters. The van der Waals surface area contributed by atoms with Gasteiger partial charge in [-0.3, -0.25) is 4.79 Å². The molecular formula is C12H10ClNO. The summed E-state index contributed by atoms with van der Waals surface area (Å²) in [7, 11) is 0. The molecule has 0 spiro atoms. The number of carbonyl (C=O) groups is 1. The smallest absolute Gasteiger partial charge is 0.153 e. The van der Waals surface area contributed by atoms with Crippen LogP contribution in [0.4, 0.5) is 0 Å². The molecule has 2 rings (SSSR count). The highest BCUT2D eigenvalue weighted by atomic mass is 35.5. The zero-order valence-corrected chi connectivity index (χ0v) is 9.30. The lowest BCUT2D eigenvalue weighted by Crippen LogP contribution is -1.94. The van der Waals surface area contributed by atoms with E-state index in [1.807, 2.05) is 32.0 Å². The second kappa shape index (κ2) is 3.63. The SMILES string of the molecule is Cc1ccc2nc(Cl)c(C=O)c(C)c2c1. The Morgan fingerprint density at radius 3 is 2.73 bits per heavy atom. The predicted molar refractivity (Wildman–Crippen MR) is 61.6 cm³/mol. The number of aryl methyl sites for hydroxylation is 2. The third kappa shape index (κ3) is 1.61. The lowest BCUT2D eigenvalue weighted by atomic mass is 10.0. The van der Waals surface area contributed by atoms with Crippen LogP contribution >= 0.6 is 11.6 Å². The molecule has 0 saturated heterocycles. The number of benzene rings is 1. The van der Waals surface area contributed by atoms with Crippen molar-refractivity contribution in [1.82, 2.24) is 4.98 Å². The predicted octanol–water partition coefficient (Wildman–Crippen LogP) is 3.32. The molecule has 1 aromatic heterocycles. The molecule has 0 unspecified atom stereocenters. The van der Waals surface area contributed by atoms with Crippen LogP contribution in [0.25, 0.3) is 10.9 Å². The Kier molecular flexibility index (Phi) is 2.45. The molecule has 2 aromatic rings. The van der Waals surface area contributed by atoms with Gasteiger partial charge in [0.25, 0.3) is 0 Å². The minimum atomic E-state index is 0.277. The molecule has 0 amide bonds. The minimum absolute atomic E-state index is 0.277. The molecule has 0 aliphatic heterocycles. The maximum Gasteiger partial charge on any atom is 0.153 e. The van der Waals surface area contributed by atoms with Crippen LogP contribution in [-0.2, 0) is 0 Å². The summed E-state index contributed by atoms with van der Waals surface area (Å²) in [5.41, 5.74) is 3.35. The van der Waals surface area contributed by atoms with Crippen molar-refractivity contribution in [2.75, 3.05) is 0 Å². The molecule has 0 fully saturated rings. The van der Waals surface area contributed by atoms with Crippen LogP contribution < -0.4 is 0 Å². The second-order valence-corrected chi connectivity index (χ2v) is 3.94. The van der Waals surface area contributed by atoms with E-state index in [4.69, 9.17) is 11.6 Å². The Bertz CT molecular complexity index is 549. The zero-order chi connectivity index (χ0) is 11.0. The molecule has 15 heavy (non-hydrogen) atoms. The zero-order valence-electron chi connectivity index (χ0n) is 8.54. The lowest BCUT2D eigenvalue weighted by molar-refractivity contribution is 0.112. The van der Waals surface area contributed by atoms with Crippen LogP contribution in [0, 0.1) is 13.8 Å². The number of rotatable bonds is 1. The fraction of sp³-hybridized carbons (Fsp3) is 0.167. The number of fused-ring (bicyclic) bond motifs is 1. The molecule has 1 aromatic carbocycles. The van der Waals surface area contributed by atoms with Gasteiger partial charge in [-0.15, -0.1) is 0 Å². The first kappa shape index (κ1) is 10.1. The van der Waals surface area contributed by atoms with Crippen molar-refractivity contribution in [3.05, 3.63) is 40.0 Å². The van der Waals surface area contributed by atoms with Gasteiger partial charge in [0.15, 0.2) is 6.29 Å². The first-order valence-electron chi connectivity index (χ1n) is 4.65. The van der Waals surface area contributed by atoms with Gasteiger partial charge < -0.3 is 0 Å². The number of hydrogen-bond donors (Lipinski definition) is 0. The molecule has 0 aliphatic rings. The largest absolute Gasteiger partial charge is 0.298 e. The Morgan fingerprint density at radius 1 is 1.33 bits per heavy atom. The van der Waals surface area contributed by atoms with Crippen molar-refractivity contribution in [3.63, 3.8) is 0 Å². The first-order valence-corrected chi connectivity index (χ1v) is 5.03. The third-order valence-corrected chi connectivity index (χ3v) is 2.81. The summed E-state index contributed by atoms with van der Waals surface area (Å²) in [6.45, 7) is 3.90. The number of nitrogens with zero attached hydrogens (tertiary/aromatic N) is 1. The van der Waals surface area contributed by atoms with Crippen LogP contribution in [0.3, 0.4) is 0 Å². The van der Waals surface area contributed by atoms with Gasteiger partial charge in [-0.2, -0.15) is 0 Å². The van der Waals surface area contributed by atoms with Crippen LogP contribution in [0.2, 0.25) is 5.15 Å². The van der Waals surface area contributed by atoms with Crippen molar-refractivity contribution in [1.29, 1.82) is 0 Å². The van der Waals surface area contributed by atoms with Gasteiger partial charge in [-0.1, -0.05) is 23.2 Å². The van der Waals surface area contributed by atoms with E-state index < -0.39 is 0 Å². The summed E-state index contributed by atoms with van der Waals surface area (Å²) in [6.07, 6.45) is 0.756. The lowest BCUT2D eigenvalue weighted by Gasteiger charge is -2.06. The van der Waals surface area contributed by atoms with E-state index in [0.29, 0.717) is 5.56 Å². The molecule has 1 heterocycles. The molecule has 0 radical (unpaired) electrons. The minimum Gasteiger partial charge on any atom is -0.298 e. The van der Waals surface area contributed by atoms with Crippen LogP contribution in [-0.4, -0.2) is 11.3 Å². The van der Waals surface area contributed by atoms with E-state index in [1.54, 1.807) is 0 Å². The third-order valence-electron chi connectivity index (χ3n) is 2.52. The number of halogens is 1. The highest BCUT2D eigenvalue weighted by molar-refractivity contribution is 6.32. The van der Waals surface area contributed by atoms with Gasteiger partial charge in [0.1, 0.15) is 5.15 Å². The van der Waals surface area contributed by atoms with Crippen molar-refractivity contribution in [2.45, 2.75) is 13.8 Å². The molecule has 0 bridgehead atoms. The first-order chi connectivity index (χ1) is 7.13. The monoisotopic (exact) mass is 219 g/mol. The van der Waals surface area contributed by atoms with Gasteiger partial charge in [0.2, 0.25) is 0 Å². The molecule has 0 saturated carbocycles. The molecular weight excluding hydrogens is 210 g/mol. The Balaban J connectivity index is 2.92.